The van der Waals surface area contributed by atoms with Crippen LogP contribution < -0.4 is 4.90 Å². The van der Waals surface area contributed by atoms with Crippen LogP contribution in [0, 0.1) is 12.8 Å². The number of hydrogen-bond donors (Lipinski definition) is 1. The first-order valence-electron chi connectivity index (χ1n) is 8.02. The third-order valence-corrected chi connectivity index (χ3v) is 4.53. The van der Waals surface area contributed by atoms with Gasteiger partial charge in [0.25, 0.3) is 0 Å². The summed E-state index contributed by atoms with van der Waals surface area (Å²) in [6, 6.07) is 13.1. The van der Waals surface area contributed by atoms with Crippen LogP contribution in [0.5, 0.6) is 0 Å². The van der Waals surface area contributed by atoms with Crippen LogP contribution in [0.1, 0.15) is 12.0 Å². The topological polar surface area (TPSA) is 83.6 Å². The number of aliphatic carboxylic acids is 1. The van der Waals surface area contributed by atoms with E-state index in [1.54, 1.807) is 18.2 Å². The Bertz CT molecular complexity index is 992. The number of amides is 1. The molecule has 1 unspecified atom stereocenters. The molecule has 4 rings (SSSR count). The van der Waals surface area contributed by atoms with Crippen LogP contribution in [0.25, 0.3) is 22.6 Å². The van der Waals surface area contributed by atoms with Gasteiger partial charge in [-0.25, -0.2) is 4.98 Å². The van der Waals surface area contributed by atoms with Crippen molar-refractivity contribution in [1.29, 1.82) is 0 Å². The van der Waals surface area contributed by atoms with E-state index in [1.165, 1.54) is 4.90 Å². The summed E-state index contributed by atoms with van der Waals surface area (Å²) in [6.07, 6.45) is 0.0284. The van der Waals surface area contributed by atoms with Crippen LogP contribution in [0.15, 0.2) is 46.9 Å². The van der Waals surface area contributed by atoms with E-state index in [0.29, 0.717) is 22.7 Å². The van der Waals surface area contributed by atoms with Crippen molar-refractivity contribution in [2.24, 2.45) is 5.92 Å². The van der Waals surface area contributed by atoms with E-state index >= 15 is 0 Å². The van der Waals surface area contributed by atoms with Gasteiger partial charge in [0.15, 0.2) is 5.58 Å². The Hall–Kier alpha value is -3.15. The minimum atomic E-state index is -0.944. The van der Waals surface area contributed by atoms with Gasteiger partial charge in [-0.15, -0.1) is 0 Å². The van der Waals surface area contributed by atoms with E-state index in [2.05, 4.69) is 4.98 Å². The molecule has 126 valence electrons. The van der Waals surface area contributed by atoms with Gasteiger partial charge in [0, 0.05) is 24.2 Å². The van der Waals surface area contributed by atoms with E-state index < -0.39 is 11.9 Å². The van der Waals surface area contributed by atoms with Gasteiger partial charge in [-0.1, -0.05) is 18.2 Å². The van der Waals surface area contributed by atoms with Gasteiger partial charge in [-0.05, 0) is 36.8 Å². The second kappa shape index (κ2) is 5.73. The number of carboxylic acids is 1. The Morgan fingerprint density at radius 2 is 2.08 bits per heavy atom. The third-order valence-electron chi connectivity index (χ3n) is 4.53. The molecular formula is C19H16N2O4. The Balaban J connectivity index is 1.71. The van der Waals surface area contributed by atoms with Gasteiger partial charge in [-0.2, -0.15) is 0 Å². The summed E-state index contributed by atoms with van der Waals surface area (Å²) in [6.45, 7) is 2.17. The van der Waals surface area contributed by atoms with E-state index in [9.17, 15) is 9.59 Å². The molecule has 1 amide bonds. The number of carbonyl (C=O) groups is 2. The molecular weight excluding hydrogens is 320 g/mol. The van der Waals surface area contributed by atoms with E-state index in [1.807, 2.05) is 31.2 Å². The first-order chi connectivity index (χ1) is 12.0. The van der Waals surface area contributed by atoms with Crippen LogP contribution in [0.3, 0.4) is 0 Å². The highest BCUT2D eigenvalue weighted by atomic mass is 16.4. The molecule has 6 heteroatoms. The van der Waals surface area contributed by atoms with Gasteiger partial charge in [0.05, 0.1) is 5.92 Å². The fourth-order valence-electron chi connectivity index (χ4n) is 3.13. The number of benzene rings is 2. The first kappa shape index (κ1) is 15.4. The summed E-state index contributed by atoms with van der Waals surface area (Å²) in [7, 11) is 0. The molecule has 1 aliphatic heterocycles. The zero-order valence-electron chi connectivity index (χ0n) is 13.6. The predicted octanol–water partition coefficient (Wildman–Crippen LogP) is 3.24. The van der Waals surface area contributed by atoms with Crippen molar-refractivity contribution in [2.75, 3.05) is 11.4 Å². The van der Waals surface area contributed by atoms with Crippen molar-refractivity contribution in [3.05, 3.63) is 48.0 Å². The number of anilines is 1. The first-order valence-corrected chi connectivity index (χ1v) is 8.02. The summed E-state index contributed by atoms with van der Waals surface area (Å²) < 4.78 is 5.83. The van der Waals surface area contributed by atoms with Crippen LogP contribution in [-0.2, 0) is 9.59 Å². The Labute approximate surface area is 143 Å². The molecule has 0 bridgehead atoms. The molecule has 6 nitrogen and oxygen atoms in total. The lowest BCUT2D eigenvalue weighted by molar-refractivity contribution is -0.141. The van der Waals surface area contributed by atoms with Gasteiger partial charge in [-0.3, -0.25) is 9.59 Å². The number of carboxylic acid groups (broad SMARTS) is 1. The monoisotopic (exact) mass is 336 g/mol. The molecule has 1 aliphatic rings. The standard InChI is InChI=1S/C19H16N2O4/c1-11-4-2-3-5-14(11)18-20-15-9-13(6-7-16(15)25-18)21-10-12(19(23)24)8-17(21)22/h2-7,9,12H,8,10H2,1H3,(H,23,24). The van der Waals surface area contributed by atoms with Crippen LogP contribution in [0.4, 0.5) is 5.69 Å². The maximum Gasteiger partial charge on any atom is 0.308 e. The maximum atomic E-state index is 12.1. The SMILES string of the molecule is Cc1ccccc1-c1nc2cc(N3CC(C(=O)O)CC3=O)ccc2o1. The Morgan fingerprint density at radius 1 is 1.28 bits per heavy atom. The summed E-state index contributed by atoms with van der Waals surface area (Å²) >= 11 is 0. The summed E-state index contributed by atoms with van der Waals surface area (Å²) in [5.41, 5.74) is 3.90. The minimum Gasteiger partial charge on any atom is -0.481 e. The molecule has 1 N–H and O–H groups in total. The van der Waals surface area contributed by atoms with Crippen molar-refractivity contribution >= 4 is 28.7 Å². The molecule has 1 saturated heterocycles. The summed E-state index contributed by atoms with van der Waals surface area (Å²) in [4.78, 5) is 29.3. The average Bonchev–Trinajstić information content (AvgIpc) is 3.18. The lowest BCUT2D eigenvalue weighted by Gasteiger charge is -2.15. The van der Waals surface area contributed by atoms with Crippen molar-refractivity contribution in [3.63, 3.8) is 0 Å². The van der Waals surface area contributed by atoms with Crippen LogP contribution in [-0.4, -0.2) is 28.5 Å². The number of carbonyl (C=O) groups excluding carboxylic acids is 1. The normalized spacial score (nSPS) is 17.4. The summed E-state index contributed by atoms with van der Waals surface area (Å²) in [5.74, 6) is -1.26. The molecule has 1 atom stereocenters. The van der Waals surface area contributed by atoms with Crippen molar-refractivity contribution in [2.45, 2.75) is 13.3 Å². The number of hydrogen-bond acceptors (Lipinski definition) is 4. The molecule has 0 spiro atoms. The third kappa shape index (κ3) is 2.65. The van der Waals surface area contributed by atoms with Gasteiger partial charge < -0.3 is 14.4 Å². The molecule has 25 heavy (non-hydrogen) atoms. The molecule has 2 aromatic carbocycles. The molecule has 1 aromatic heterocycles. The fraction of sp³-hybridized carbons (Fsp3) is 0.211. The smallest absolute Gasteiger partial charge is 0.308 e. The number of fused-ring (bicyclic) bond motifs is 1. The lowest BCUT2D eigenvalue weighted by Crippen LogP contribution is -2.25. The second-order valence-corrected chi connectivity index (χ2v) is 6.23. The highest BCUT2D eigenvalue weighted by molar-refractivity contribution is 6.00. The van der Waals surface area contributed by atoms with E-state index in [4.69, 9.17) is 9.52 Å². The van der Waals surface area contributed by atoms with Crippen LogP contribution in [0.2, 0.25) is 0 Å². The number of aromatic nitrogens is 1. The molecule has 2 heterocycles. The molecule has 0 saturated carbocycles. The van der Waals surface area contributed by atoms with E-state index in [-0.39, 0.29) is 18.9 Å². The van der Waals surface area contributed by atoms with Crippen molar-refractivity contribution in [1.82, 2.24) is 4.98 Å². The molecule has 3 aromatic rings. The minimum absolute atomic E-state index is 0.0284. The number of rotatable bonds is 3. The molecule has 0 aliphatic carbocycles. The second-order valence-electron chi connectivity index (χ2n) is 6.23. The summed E-state index contributed by atoms with van der Waals surface area (Å²) in [5, 5.41) is 9.12. The zero-order valence-corrected chi connectivity index (χ0v) is 13.6. The van der Waals surface area contributed by atoms with Crippen molar-refractivity contribution in [3.8, 4) is 11.5 Å². The Kier molecular flexibility index (Phi) is 3.53. The van der Waals surface area contributed by atoms with Gasteiger partial charge in [0.2, 0.25) is 11.8 Å². The highest BCUT2D eigenvalue weighted by Gasteiger charge is 2.35. The number of nitrogens with zero attached hydrogens (tertiary/aromatic N) is 2. The highest BCUT2D eigenvalue weighted by Crippen LogP contribution is 2.31. The average molecular weight is 336 g/mol. The number of oxazole rings is 1. The van der Waals surface area contributed by atoms with E-state index in [0.717, 1.165) is 11.1 Å². The largest absolute Gasteiger partial charge is 0.481 e. The van der Waals surface area contributed by atoms with Crippen molar-refractivity contribution < 1.29 is 19.1 Å². The Morgan fingerprint density at radius 3 is 2.80 bits per heavy atom. The maximum absolute atomic E-state index is 12.1. The predicted molar refractivity (Wildman–Crippen MR) is 92.3 cm³/mol. The van der Waals surface area contributed by atoms with Gasteiger partial charge in [0.1, 0.15) is 5.52 Å². The fourth-order valence-corrected chi connectivity index (χ4v) is 3.13. The molecule has 0 radical (unpaired) electrons. The quantitative estimate of drug-likeness (QED) is 0.794. The molecule has 1 fully saturated rings. The van der Waals surface area contributed by atoms with Crippen LogP contribution >= 0.6 is 0 Å². The van der Waals surface area contributed by atoms with Gasteiger partial charge >= 0.3 is 5.97 Å². The lowest BCUT2D eigenvalue weighted by atomic mass is 10.1. The number of aryl methyl sites for hydroxylation is 1. The zero-order chi connectivity index (χ0) is 17.6.